The summed E-state index contributed by atoms with van der Waals surface area (Å²) in [4.78, 5) is 14.9. The molecule has 180 valence electrons. The van der Waals surface area contributed by atoms with Crippen molar-refractivity contribution in [2.45, 2.75) is 52.0 Å². The van der Waals surface area contributed by atoms with E-state index < -0.39 is 10.0 Å². The van der Waals surface area contributed by atoms with Gasteiger partial charge in [0.2, 0.25) is 15.9 Å². The normalized spacial score (nSPS) is 15.2. The van der Waals surface area contributed by atoms with Gasteiger partial charge in [-0.15, -0.1) is 0 Å². The van der Waals surface area contributed by atoms with Gasteiger partial charge in [0.1, 0.15) is 0 Å². The lowest BCUT2D eigenvalue weighted by molar-refractivity contribution is -0.121. The van der Waals surface area contributed by atoms with E-state index in [4.69, 9.17) is 11.6 Å². The number of amides is 1. The van der Waals surface area contributed by atoms with Crippen LogP contribution in [0.5, 0.6) is 0 Å². The van der Waals surface area contributed by atoms with Gasteiger partial charge in [-0.25, -0.2) is 8.42 Å². The molecule has 0 bridgehead atoms. The van der Waals surface area contributed by atoms with Gasteiger partial charge in [0.25, 0.3) is 0 Å². The number of nitrogens with zero attached hydrogens (tertiary/aromatic N) is 2. The molecule has 0 spiro atoms. The van der Waals surface area contributed by atoms with Crippen LogP contribution in [0.25, 0.3) is 0 Å². The molecule has 1 fully saturated rings. The van der Waals surface area contributed by atoms with Crippen LogP contribution in [0.3, 0.4) is 0 Å². The third-order valence-corrected chi connectivity index (χ3v) is 7.75. The van der Waals surface area contributed by atoms with Crippen molar-refractivity contribution in [2.75, 3.05) is 35.1 Å². The summed E-state index contributed by atoms with van der Waals surface area (Å²) in [6.45, 7) is 6.18. The van der Waals surface area contributed by atoms with E-state index in [0.29, 0.717) is 22.7 Å². The van der Waals surface area contributed by atoms with E-state index in [2.05, 4.69) is 34.5 Å². The molecule has 1 amide bonds. The van der Waals surface area contributed by atoms with Crippen LogP contribution in [-0.4, -0.2) is 40.2 Å². The quantitative estimate of drug-likeness (QED) is 0.532. The van der Waals surface area contributed by atoms with Crippen LogP contribution in [0.1, 0.15) is 56.2 Å². The Labute approximate surface area is 203 Å². The molecule has 1 saturated heterocycles. The van der Waals surface area contributed by atoms with Crippen LogP contribution in [0.15, 0.2) is 42.5 Å². The van der Waals surface area contributed by atoms with E-state index in [1.165, 1.54) is 35.5 Å². The Morgan fingerprint density at radius 3 is 2.42 bits per heavy atom. The number of nitrogens with one attached hydrogen (secondary N) is 1. The molecule has 0 aromatic heterocycles. The van der Waals surface area contributed by atoms with Crippen molar-refractivity contribution in [3.63, 3.8) is 0 Å². The smallest absolute Gasteiger partial charge is 0.232 e. The lowest BCUT2D eigenvalue weighted by Gasteiger charge is -2.29. The van der Waals surface area contributed by atoms with E-state index in [9.17, 15) is 13.2 Å². The molecule has 0 saturated carbocycles. The summed E-state index contributed by atoms with van der Waals surface area (Å²) < 4.78 is 26.0. The van der Waals surface area contributed by atoms with Gasteiger partial charge in [-0.05, 0) is 74.9 Å². The van der Waals surface area contributed by atoms with Crippen LogP contribution >= 0.6 is 11.6 Å². The molecular formula is C25H34ClN3O3S. The Kier molecular flexibility index (Phi) is 8.65. The number of carbonyl (C=O) groups excluding carboxylic acids is 1. The second kappa shape index (κ2) is 11.3. The number of rotatable bonds is 9. The Morgan fingerprint density at radius 1 is 1.12 bits per heavy atom. The lowest BCUT2D eigenvalue weighted by atomic mass is 10.1. The zero-order valence-corrected chi connectivity index (χ0v) is 21.3. The highest BCUT2D eigenvalue weighted by Crippen LogP contribution is 2.28. The van der Waals surface area contributed by atoms with E-state index in [1.54, 1.807) is 25.1 Å². The molecule has 1 N–H and O–H groups in total. The standard InChI is InChI=1S/C25H34ClN3O3S/c1-19-23(26)9-7-10-24(19)29(33(3,31)32)18-8-11-25(30)27-20(2)21-12-14-22(15-13-21)28-16-5-4-6-17-28/h7,9-10,12-15,20H,4-6,8,11,16-18H2,1-3H3,(H,27,30)/t20-/m1/s1. The van der Waals surface area contributed by atoms with Gasteiger partial charge in [0, 0.05) is 36.8 Å². The summed E-state index contributed by atoms with van der Waals surface area (Å²) >= 11 is 6.17. The third kappa shape index (κ3) is 6.87. The number of piperidine rings is 1. The second-order valence-electron chi connectivity index (χ2n) is 8.75. The Morgan fingerprint density at radius 2 is 1.79 bits per heavy atom. The van der Waals surface area contributed by atoms with E-state index in [0.717, 1.165) is 18.7 Å². The van der Waals surface area contributed by atoms with Crippen LogP contribution in [0, 0.1) is 6.92 Å². The van der Waals surface area contributed by atoms with Crippen molar-refractivity contribution in [1.29, 1.82) is 0 Å². The first kappa shape index (κ1) is 25.4. The molecule has 0 unspecified atom stereocenters. The topological polar surface area (TPSA) is 69.7 Å². The highest BCUT2D eigenvalue weighted by Gasteiger charge is 2.20. The number of halogens is 1. The SMILES string of the molecule is Cc1c(Cl)cccc1N(CCCC(=O)N[C@H](C)c1ccc(N2CCCCC2)cc1)S(C)(=O)=O. The summed E-state index contributed by atoms with van der Waals surface area (Å²) in [6, 6.07) is 13.5. The number of anilines is 2. The molecule has 3 rings (SSSR count). The first-order chi connectivity index (χ1) is 15.7. The molecule has 0 radical (unpaired) electrons. The zero-order valence-electron chi connectivity index (χ0n) is 19.7. The number of hydrogen-bond donors (Lipinski definition) is 1. The minimum atomic E-state index is -3.50. The van der Waals surface area contributed by atoms with Crippen molar-refractivity contribution in [2.24, 2.45) is 0 Å². The summed E-state index contributed by atoms with van der Waals surface area (Å²) in [7, 11) is -3.50. The summed E-state index contributed by atoms with van der Waals surface area (Å²) in [5.74, 6) is -0.0983. The Hall–Kier alpha value is -2.25. The fourth-order valence-corrected chi connectivity index (χ4v) is 5.42. The van der Waals surface area contributed by atoms with E-state index in [-0.39, 0.29) is 24.9 Å². The maximum absolute atomic E-state index is 12.5. The summed E-state index contributed by atoms with van der Waals surface area (Å²) in [5.41, 5.74) is 3.54. The molecule has 1 heterocycles. The minimum Gasteiger partial charge on any atom is -0.372 e. The van der Waals surface area contributed by atoms with Crippen LogP contribution < -0.4 is 14.5 Å². The first-order valence-corrected chi connectivity index (χ1v) is 13.8. The fourth-order valence-electron chi connectivity index (χ4n) is 4.24. The van der Waals surface area contributed by atoms with Gasteiger partial charge >= 0.3 is 0 Å². The highest BCUT2D eigenvalue weighted by molar-refractivity contribution is 7.92. The zero-order chi connectivity index (χ0) is 24.0. The predicted octanol–water partition coefficient (Wildman–Crippen LogP) is 5.06. The predicted molar refractivity (Wildman–Crippen MR) is 137 cm³/mol. The van der Waals surface area contributed by atoms with Crippen LogP contribution in [0.4, 0.5) is 11.4 Å². The number of carbonyl (C=O) groups is 1. The van der Waals surface area contributed by atoms with Gasteiger partial charge in [-0.1, -0.05) is 29.8 Å². The second-order valence-corrected chi connectivity index (χ2v) is 11.1. The minimum absolute atomic E-state index is 0.0983. The molecule has 33 heavy (non-hydrogen) atoms. The Balaban J connectivity index is 1.54. The average molecular weight is 492 g/mol. The molecule has 8 heteroatoms. The highest BCUT2D eigenvalue weighted by atomic mass is 35.5. The van der Waals surface area contributed by atoms with Crippen molar-refractivity contribution in [3.05, 3.63) is 58.6 Å². The summed E-state index contributed by atoms with van der Waals surface area (Å²) in [6.07, 6.45) is 5.60. The molecule has 2 aromatic carbocycles. The first-order valence-electron chi connectivity index (χ1n) is 11.5. The van der Waals surface area contributed by atoms with Crippen LogP contribution in [-0.2, 0) is 14.8 Å². The molecular weight excluding hydrogens is 458 g/mol. The molecule has 0 aliphatic carbocycles. The lowest BCUT2D eigenvalue weighted by Crippen LogP contribution is -2.33. The average Bonchev–Trinajstić information content (AvgIpc) is 2.79. The van der Waals surface area contributed by atoms with E-state index >= 15 is 0 Å². The van der Waals surface area contributed by atoms with Crippen LogP contribution in [0.2, 0.25) is 5.02 Å². The largest absolute Gasteiger partial charge is 0.372 e. The van der Waals surface area contributed by atoms with Gasteiger partial charge in [0.15, 0.2) is 0 Å². The maximum Gasteiger partial charge on any atom is 0.232 e. The van der Waals surface area contributed by atoms with Gasteiger partial charge in [-0.3, -0.25) is 9.10 Å². The van der Waals surface area contributed by atoms with Crippen molar-refractivity contribution >= 4 is 38.9 Å². The van der Waals surface area contributed by atoms with Gasteiger partial charge in [0.05, 0.1) is 18.0 Å². The molecule has 1 atom stereocenters. The third-order valence-electron chi connectivity index (χ3n) is 6.16. The monoisotopic (exact) mass is 491 g/mol. The number of benzene rings is 2. The van der Waals surface area contributed by atoms with Crippen molar-refractivity contribution < 1.29 is 13.2 Å². The van der Waals surface area contributed by atoms with Gasteiger partial charge < -0.3 is 10.2 Å². The molecule has 1 aliphatic heterocycles. The Bertz CT molecular complexity index is 1050. The number of sulfonamides is 1. The number of hydrogen-bond acceptors (Lipinski definition) is 4. The molecule has 2 aromatic rings. The molecule has 6 nitrogen and oxygen atoms in total. The van der Waals surface area contributed by atoms with Crippen molar-refractivity contribution in [3.8, 4) is 0 Å². The fraction of sp³-hybridized carbons (Fsp3) is 0.480. The summed E-state index contributed by atoms with van der Waals surface area (Å²) in [5, 5.41) is 3.54. The molecule has 1 aliphatic rings. The van der Waals surface area contributed by atoms with Crippen molar-refractivity contribution in [1.82, 2.24) is 5.32 Å². The maximum atomic E-state index is 12.5. The van der Waals surface area contributed by atoms with E-state index in [1.807, 2.05) is 6.92 Å². The van der Waals surface area contributed by atoms with Gasteiger partial charge in [-0.2, -0.15) is 0 Å².